The highest BCUT2D eigenvalue weighted by molar-refractivity contribution is 7.25. The minimum absolute atomic E-state index is 0.000466. The van der Waals surface area contributed by atoms with Gasteiger partial charge in [-0.3, -0.25) is 0 Å². The van der Waals surface area contributed by atoms with E-state index in [-0.39, 0.29) is 23.5 Å². The molecule has 3 heterocycles. The predicted octanol–water partition coefficient (Wildman–Crippen LogP) is 13.1. The van der Waals surface area contributed by atoms with Gasteiger partial charge in [0.05, 0.1) is 23.6 Å². The van der Waals surface area contributed by atoms with E-state index >= 15 is 0 Å². The van der Waals surface area contributed by atoms with Gasteiger partial charge >= 0.3 is 0 Å². The van der Waals surface area contributed by atoms with Gasteiger partial charge in [-0.05, 0) is 69.4 Å². The molecule has 250 valence electrons. The number of nitrogens with zero attached hydrogens (tertiary/aromatic N) is 4. The third-order valence-electron chi connectivity index (χ3n) is 10.7. The van der Waals surface area contributed by atoms with Crippen LogP contribution in [0.5, 0.6) is 0 Å². The molecule has 0 saturated heterocycles. The maximum absolute atomic E-state index is 8.96. The summed E-state index contributed by atoms with van der Waals surface area (Å²) in [5, 5.41) is 6.73. The van der Waals surface area contributed by atoms with Gasteiger partial charge in [-0.25, -0.2) is 15.0 Å². The van der Waals surface area contributed by atoms with Gasteiger partial charge in [0.2, 0.25) is 0 Å². The lowest BCUT2D eigenvalue weighted by Gasteiger charge is -2.16. The van der Waals surface area contributed by atoms with Crippen LogP contribution in [0.2, 0.25) is 0 Å². The highest BCUT2D eigenvalue weighted by Gasteiger charge is 2.26. The van der Waals surface area contributed by atoms with Crippen LogP contribution in [0.1, 0.15) is 6.85 Å². The average molecular weight is 710 g/mol. The van der Waals surface area contributed by atoms with Crippen molar-refractivity contribution in [2.75, 3.05) is 0 Å². The second kappa shape index (κ2) is 11.3. The Morgan fingerprint density at radius 1 is 0.426 bits per heavy atom. The Balaban J connectivity index is 1.19. The van der Waals surface area contributed by atoms with E-state index in [2.05, 4.69) is 102 Å². The van der Waals surface area contributed by atoms with Gasteiger partial charge in [0.15, 0.2) is 17.5 Å². The summed E-state index contributed by atoms with van der Waals surface area (Å²) in [4.78, 5) is 15.2. The Bertz CT molecular complexity index is 3620. The standard InChI is InChI=1S/C49H28N4S/c1-2-13-30(14-3-1)47-50-48(52-49(51-47)37-22-12-26-42-44(37)36-19-7-9-25-41(36)54-42)35-18-6-8-23-38(35)53-39-24-11-21-34-32-17-5-4-16-31(32)33-20-10-15-29-27-28-40(53)46(43(29)33)45(34)39/h1-28H/i1D,2D,3D,13D,14D. The van der Waals surface area contributed by atoms with Crippen molar-refractivity contribution in [1.82, 2.24) is 19.5 Å². The summed E-state index contributed by atoms with van der Waals surface area (Å²) in [5.41, 5.74) is 8.99. The van der Waals surface area contributed by atoms with Crippen LogP contribution in [0.4, 0.5) is 0 Å². The van der Waals surface area contributed by atoms with Crippen LogP contribution >= 0.6 is 11.3 Å². The fourth-order valence-electron chi connectivity index (χ4n) is 8.50. The Hall–Kier alpha value is -6.95. The Kier molecular flexibility index (Phi) is 5.24. The summed E-state index contributed by atoms with van der Waals surface area (Å²) in [7, 11) is 0. The summed E-state index contributed by atoms with van der Waals surface area (Å²) >= 11 is 1.68. The third kappa shape index (κ3) is 4.15. The van der Waals surface area contributed by atoms with Crippen LogP contribution in [0.25, 0.3) is 115 Å². The monoisotopic (exact) mass is 709 g/mol. The molecule has 4 nitrogen and oxygen atoms in total. The molecular weight excluding hydrogens is 677 g/mol. The van der Waals surface area contributed by atoms with Crippen molar-refractivity contribution >= 4 is 64.1 Å². The molecule has 1 aliphatic carbocycles. The van der Waals surface area contributed by atoms with Crippen molar-refractivity contribution in [3.8, 4) is 62.1 Å². The molecule has 8 aromatic carbocycles. The normalized spacial score (nSPS) is 13.4. The molecule has 0 radical (unpaired) electrons. The SMILES string of the molecule is [2H]c1c([2H])c([2H])c(-c2nc(-c3ccccc3-n3c4cccc5c4c4c6c(cccc6ccc43)-c3ccccc3-5)nc(-c3cccc4sc5ccccc5c34)n2)c([2H])c1[2H]. The van der Waals surface area contributed by atoms with Gasteiger partial charge in [0.1, 0.15) is 0 Å². The third-order valence-corrected chi connectivity index (χ3v) is 11.8. The van der Waals surface area contributed by atoms with Gasteiger partial charge in [-0.15, -0.1) is 11.3 Å². The summed E-state index contributed by atoms with van der Waals surface area (Å²) in [5.74, 6) is 0.653. The van der Waals surface area contributed by atoms with E-state index in [1.54, 1.807) is 11.3 Å². The highest BCUT2D eigenvalue weighted by atomic mass is 32.1. The zero-order chi connectivity index (χ0) is 39.7. The van der Waals surface area contributed by atoms with E-state index in [0.29, 0.717) is 17.2 Å². The molecular formula is C49H28N4S. The number of hydrogen-bond donors (Lipinski definition) is 0. The summed E-state index contributed by atoms with van der Waals surface area (Å²) < 4.78 is 47.8. The van der Waals surface area contributed by atoms with Crippen LogP contribution in [0.15, 0.2) is 170 Å². The lowest BCUT2D eigenvalue weighted by molar-refractivity contribution is 1.07. The molecule has 0 atom stereocenters. The number of rotatable bonds is 4. The quantitative estimate of drug-likeness (QED) is 0.183. The molecule has 0 unspecified atom stereocenters. The summed E-state index contributed by atoms with van der Waals surface area (Å²) in [6.07, 6.45) is 0. The molecule has 5 heteroatoms. The van der Waals surface area contributed by atoms with E-state index in [4.69, 9.17) is 21.8 Å². The number of para-hydroxylation sites is 1. The maximum Gasteiger partial charge on any atom is 0.166 e. The lowest BCUT2D eigenvalue weighted by atomic mass is 9.93. The molecule has 0 fully saturated rings. The fraction of sp³-hybridized carbons (Fsp3) is 0. The Labute approximate surface area is 321 Å². The van der Waals surface area contributed by atoms with E-state index in [1.807, 2.05) is 42.5 Å². The Morgan fingerprint density at radius 2 is 1.04 bits per heavy atom. The number of thiophene rings is 1. The number of aromatic nitrogens is 4. The molecule has 11 aromatic rings. The van der Waals surface area contributed by atoms with Crippen molar-refractivity contribution < 1.29 is 6.85 Å². The topological polar surface area (TPSA) is 43.6 Å². The van der Waals surface area contributed by atoms with Crippen molar-refractivity contribution in [1.29, 1.82) is 0 Å². The van der Waals surface area contributed by atoms with Crippen molar-refractivity contribution in [2.45, 2.75) is 0 Å². The number of benzene rings is 8. The first-order chi connectivity index (χ1) is 28.9. The lowest BCUT2D eigenvalue weighted by Crippen LogP contribution is -2.03. The molecule has 3 aromatic heterocycles. The first-order valence-electron chi connectivity index (χ1n) is 20.3. The fourth-order valence-corrected chi connectivity index (χ4v) is 9.63. The maximum atomic E-state index is 8.96. The Morgan fingerprint density at radius 3 is 1.89 bits per heavy atom. The highest BCUT2D eigenvalue weighted by Crippen LogP contribution is 2.50. The van der Waals surface area contributed by atoms with E-state index in [1.165, 1.54) is 27.5 Å². The number of hydrogen-bond acceptors (Lipinski definition) is 4. The molecule has 1 aliphatic rings. The average Bonchev–Trinajstić information content (AvgIpc) is 3.80. The zero-order valence-corrected chi connectivity index (χ0v) is 29.3. The van der Waals surface area contributed by atoms with Gasteiger partial charge in [0.25, 0.3) is 0 Å². The minimum Gasteiger partial charge on any atom is -0.308 e. The van der Waals surface area contributed by atoms with Crippen LogP contribution in [0, 0.1) is 0 Å². The molecule has 0 spiro atoms. The van der Waals surface area contributed by atoms with Gasteiger partial charge in [0, 0.05) is 47.6 Å². The molecule has 0 saturated carbocycles. The van der Waals surface area contributed by atoms with Crippen molar-refractivity contribution in [2.24, 2.45) is 0 Å². The molecule has 0 aliphatic heterocycles. The van der Waals surface area contributed by atoms with E-state index in [0.717, 1.165) is 58.8 Å². The van der Waals surface area contributed by atoms with Crippen LogP contribution in [-0.4, -0.2) is 19.5 Å². The van der Waals surface area contributed by atoms with Gasteiger partial charge < -0.3 is 4.57 Å². The van der Waals surface area contributed by atoms with Gasteiger partial charge in [-0.2, -0.15) is 0 Å². The molecule has 54 heavy (non-hydrogen) atoms. The first-order valence-corrected chi connectivity index (χ1v) is 18.6. The molecule has 0 N–H and O–H groups in total. The second-order valence-electron chi connectivity index (χ2n) is 13.5. The first kappa shape index (κ1) is 25.1. The van der Waals surface area contributed by atoms with Crippen molar-refractivity contribution in [3.63, 3.8) is 0 Å². The summed E-state index contributed by atoms with van der Waals surface area (Å²) in [6, 6.07) is 46.1. The van der Waals surface area contributed by atoms with E-state index in [9.17, 15) is 0 Å². The second-order valence-corrected chi connectivity index (χ2v) is 14.6. The smallest absolute Gasteiger partial charge is 0.166 e. The number of fused-ring (bicyclic) bond motifs is 6. The predicted molar refractivity (Wildman–Crippen MR) is 225 cm³/mol. The zero-order valence-electron chi connectivity index (χ0n) is 33.5. The van der Waals surface area contributed by atoms with E-state index < -0.39 is 18.1 Å². The van der Waals surface area contributed by atoms with Crippen LogP contribution < -0.4 is 0 Å². The van der Waals surface area contributed by atoms with Crippen LogP contribution in [0.3, 0.4) is 0 Å². The molecule has 12 rings (SSSR count). The summed E-state index contributed by atoms with van der Waals surface area (Å²) in [6.45, 7) is 0. The minimum atomic E-state index is -0.477. The van der Waals surface area contributed by atoms with Crippen molar-refractivity contribution in [3.05, 3.63) is 170 Å². The van der Waals surface area contributed by atoms with Crippen LogP contribution in [-0.2, 0) is 0 Å². The van der Waals surface area contributed by atoms with Gasteiger partial charge in [-0.1, -0.05) is 133 Å². The largest absolute Gasteiger partial charge is 0.308 e. The molecule has 0 amide bonds. The molecule has 0 bridgehead atoms.